The van der Waals surface area contributed by atoms with Gasteiger partial charge in [0.05, 0.1) is 26.4 Å². The highest BCUT2D eigenvalue weighted by molar-refractivity contribution is 6.93. The van der Waals surface area contributed by atoms with Crippen LogP contribution in [-0.2, 0) is 29.8 Å². The van der Waals surface area contributed by atoms with Crippen LogP contribution in [0.3, 0.4) is 0 Å². The van der Waals surface area contributed by atoms with Crippen molar-refractivity contribution < 1.29 is 23.1 Å². The summed E-state index contributed by atoms with van der Waals surface area (Å²) in [4.78, 5) is 0. The highest BCUT2D eigenvalue weighted by Gasteiger charge is 2.35. The van der Waals surface area contributed by atoms with Crippen LogP contribution in [0.25, 0.3) is 0 Å². The van der Waals surface area contributed by atoms with E-state index in [1.54, 1.807) is 0 Å². The molecule has 0 bridgehead atoms. The standard InChI is InChI=1S/C48H70O5Si2/c1-9-17-33-49-45-37(13-5)25-21-29-41(45)54(42-30-22-26-38(14-6)46(42)50-34-18-10-2)53-55(43-31-23-27-39(15-7)47(43)51-35-19-11-3)44-32-24-28-40(16-8)48(44)52-36-20-12-4/h21-32,54-55H,9-20,33-36H2,1-8H3. The van der Waals surface area contributed by atoms with Crippen molar-refractivity contribution in [1.82, 2.24) is 0 Å². The Balaban J connectivity index is 2.10. The van der Waals surface area contributed by atoms with Crippen molar-refractivity contribution in [3.8, 4) is 23.0 Å². The lowest BCUT2D eigenvalue weighted by molar-refractivity contribution is 0.307. The summed E-state index contributed by atoms with van der Waals surface area (Å²) < 4.78 is 35.4. The minimum atomic E-state index is -2.57. The summed E-state index contributed by atoms with van der Waals surface area (Å²) >= 11 is 0. The zero-order chi connectivity index (χ0) is 39.4. The van der Waals surface area contributed by atoms with E-state index in [2.05, 4.69) is 128 Å². The molecule has 0 atom stereocenters. The summed E-state index contributed by atoms with van der Waals surface area (Å²) in [6.45, 7) is 20.5. The number of para-hydroxylation sites is 4. The second-order valence-electron chi connectivity index (χ2n) is 14.5. The van der Waals surface area contributed by atoms with E-state index in [0.717, 1.165) is 100 Å². The summed E-state index contributed by atoms with van der Waals surface area (Å²) in [6, 6.07) is 26.8. The quantitative estimate of drug-likeness (QED) is 0.0470. The van der Waals surface area contributed by atoms with Gasteiger partial charge in [-0.1, -0.05) is 154 Å². The van der Waals surface area contributed by atoms with E-state index in [1.165, 1.54) is 43.0 Å². The summed E-state index contributed by atoms with van der Waals surface area (Å²) in [5.74, 6) is 3.97. The lowest BCUT2D eigenvalue weighted by Gasteiger charge is -2.31. The van der Waals surface area contributed by atoms with Gasteiger partial charge in [0.25, 0.3) is 0 Å². The Labute approximate surface area is 337 Å². The van der Waals surface area contributed by atoms with E-state index in [4.69, 9.17) is 23.1 Å². The summed E-state index contributed by atoms with van der Waals surface area (Å²) in [5.41, 5.74) is 4.89. The predicted octanol–water partition coefficient (Wildman–Crippen LogP) is 9.04. The molecule has 0 aliphatic rings. The molecule has 0 heterocycles. The van der Waals surface area contributed by atoms with Crippen LogP contribution in [0.4, 0.5) is 0 Å². The molecule has 0 unspecified atom stereocenters. The molecule has 0 amide bonds. The van der Waals surface area contributed by atoms with Gasteiger partial charge >= 0.3 is 0 Å². The van der Waals surface area contributed by atoms with Crippen LogP contribution < -0.4 is 39.7 Å². The molecule has 0 aliphatic heterocycles. The zero-order valence-corrected chi connectivity index (χ0v) is 37.7. The van der Waals surface area contributed by atoms with E-state index in [1.807, 2.05) is 0 Å². The van der Waals surface area contributed by atoms with Crippen LogP contribution in [0.2, 0.25) is 0 Å². The van der Waals surface area contributed by atoms with Crippen molar-refractivity contribution in [2.24, 2.45) is 0 Å². The molecule has 0 fully saturated rings. The van der Waals surface area contributed by atoms with E-state index in [9.17, 15) is 0 Å². The maximum atomic E-state index is 8.14. The molecule has 5 nitrogen and oxygen atoms in total. The first kappa shape index (κ1) is 44.2. The Hall–Kier alpha value is -3.53. The number of rotatable bonds is 26. The third-order valence-electron chi connectivity index (χ3n) is 10.4. The minimum Gasteiger partial charge on any atom is -0.493 e. The fraction of sp³-hybridized carbons (Fsp3) is 0.500. The lowest BCUT2D eigenvalue weighted by Crippen LogP contribution is -2.57. The van der Waals surface area contributed by atoms with Crippen molar-refractivity contribution in [3.05, 3.63) is 95.1 Å². The average molecular weight is 783 g/mol. The molecule has 300 valence electrons. The normalized spacial score (nSPS) is 11.4. The van der Waals surface area contributed by atoms with Gasteiger partial charge < -0.3 is 23.1 Å². The van der Waals surface area contributed by atoms with Gasteiger partial charge in [0, 0.05) is 20.7 Å². The van der Waals surface area contributed by atoms with Crippen LogP contribution in [0.15, 0.2) is 72.8 Å². The second-order valence-corrected chi connectivity index (χ2v) is 19.6. The molecule has 0 saturated carbocycles. The Morgan fingerprint density at radius 2 is 0.582 bits per heavy atom. The number of benzene rings is 4. The second kappa shape index (κ2) is 24.2. The van der Waals surface area contributed by atoms with E-state index >= 15 is 0 Å². The summed E-state index contributed by atoms with van der Waals surface area (Å²) in [6.07, 6.45) is 11.9. The molecule has 0 aromatic heterocycles. The molecular formula is C48H70O5Si2. The monoisotopic (exact) mass is 782 g/mol. The van der Waals surface area contributed by atoms with Gasteiger partial charge in [-0.15, -0.1) is 0 Å². The first-order valence-corrected chi connectivity index (χ1v) is 24.9. The molecule has 4 rings (SSSR count). The molecule has 4 aromatic carbocycles. The van der Waals surface area contributed by atoms with E-state index in [-0.39, 0.29) is 0 Å². The number of ether oxygens (including phenoxy) is 4. The first-order valence-electron chi connectivity index (χ1n) is 21.6. The fourth-order valence-electron chi connectivity index (χ4n) is 7.10. The first-order chi connectivity index (χ1) is 27.0. The summed E-state index contributed by atoms with van der Waals surface area (Å²) in [5, 5.41) is 4.73. The fourth-order valence-corrected chi connectivity index (χ4v) is 14.4. The van der Waals surface area contributed by atoms with Crippen LogP contribution >= 0.6 is 0 Å². The maximum absolute atomic E-state index is 8.14. The van der Waals surface area contributed by atoms with Crippen molar-refractivity contribution in [1.29, 1.82) is 0 Å². The SMILES string of the molecule is CCCCOc1c(CC)cccc1[SiH](O[SiH](c1cccc(CC)c1OCCCC)c1cccc(CC)c1OCCCC)c1cccc(CC)c1OCCCC. The van der Waals surface area contributed by atoms with Gasteiger partial charge in [-0.2, -0.15) is 0 Å². The molecule has 7 heteroatoms. The van der Waals surface area contributed by atoms with E-state index in [0.29, 0.717) is 26.4 Å². The van der Waals surface area contributed by atoms with Gasteiger partial charge in [-0.05, 0) is 73.6 Å². The van der Waals surface area contributed by atoms with Crippen molar-refractivity contribution in [3.63, 3.8) is 0 Å². The molecule has 55 heavy (non-hydrogen) atoms. The highest BCUT2D eigenvalue weighted by Crippen LogP contribution is 2.26. The van der Waals surface area contributed by atoms with Crippen LogP contribution in [0.1, 0.15) is 129 Å². The number of unbranched alkanes of at least 4 members (excludes halogenated alkanes) is 4. The third kappa shape index (κ3) is 11.7. The van der Waals surface area contributed by atoms with Crippen molar-refractivity contribution in [2.75, 3.05) is 26.4 Å². The Morgan fingerprint density at radius 1 is 0.345 bits per heavy atom. The number of hydrogen-bond acceptors (Lipinski definition) is 5. The predicted molar refractivity (Wildman–Crippen MR) is 239 cm³/mol. The topological polar surface area (TPSA) is 46.2 Å². The molecule has 0 radical (unpaired) electrons. The third-order valence-corrected chi connectivity index (χ3v) is 16.7. The lowest BCUT2D eigenvalue weighted by atomic mass is 10.1. The molecule has 4 aromatic rings. The van der Waals surface area contributed by atoms with Crippen molar-refractivity contribution >= 4 is 38.8 Å². The Morgan fingerprint density at radius 3 is 0.782 bits per heavy atom. The summed E-state index contributed by atoms with van der Waals surface area (Å²) in [7, 11) is -5.14. The molecule has 0 N–H and O–H groups in total. The average Bonchev–Trinajstić information content (AvgIpc) is 3.22. The molecule has 0 saturated heterocycles. The van der Waals surface area contributed by atoms with E-state index < -0.39 is 18.1 Å². The van der Waals surface area contributed by atoms with Crippen LogP contribution in [0, 0.1) is 0 Å². The van der Waals surface area contributed by atoms with Gasteiger partial charge in [-0.25, -0.2) is 0 Å². The largest absolute Gasteiger partial charge is 0.493 e. The van der Waals surface area contributed by atoms with Crippen molar-refractivity contribution in [2.45, 2.75) is 132 Å². The highest BCUT2D eigenvalue weighted by atomic mass is 28.4. The van der Waals surface area contributed by atoms with Gasteiger partial charge in [0.2, 0.25) is 18.1 Å². The van der Waals surface area contributed by atoms with Gasteiger partial charge in [0.1, 0.15) is 23.0 Å². The maximum Gasteiger partial charge on any atom is 0.236 e. The number of hydrogen-bond donors (Lipinski definition) is 0. The van der Waals surface area contributed by atoms with Gasteiger partial charge in [-0.3, -0.25) is 0 Å². The molecular weight excluding hydrogens is 713 g/mol. The van der Waals surface area contributed by atoms with Crippen LogP contribution in [-0.4, -0.2) is 44.5 Å². The molecule has 0 spiro atoms. The van der Waals surface area contributed by atoms with Gasteiger partial charge in [0.15, 0.2) is 0 Å². The Bertz CT molecular complexity index is 1480. The number of aryl methyl sites for hydroxylation is 4. The van der Waals surface area contributed by atoms with Crippen LogP contribution in [0.5, 0.6) is 23.0 Å². The molecule has 0 aliphatic carbocycles. The zero-order valence-electron chi connectivity index (χ0n) is 35.4. The Kier molecular flexibility index (Phi) is 19.4. The minimum absolute atomic E-state index is 0.680. The smallest absolute Gasteiger partial charge is 0.236 e.